The van der Waals surface area contributed by atoms with Gasteiger partial charge in [0.15, 0.2) is 11.6 Å². The third-order valence-corrected chi connectivity index (χ3v) is 5.15. The topological polar surface area (TPSA) is 94.2 Å². The number of halogens is 3. The molecule has 1 aliphatic heterocycles. The number of aromatic nitrogens is 1. The summed E-state index contributed by atoms with van der Waals surface area (Å²) in [5.74, 6) is -3.41. The second kappa shape index (κ2) is 7.83. The summed E-state index contributed by atoms with van der Waals surface area (Å²) in [6.07, 6.45) is -0.925. The average Bonchev–Trinajstić information content (AvgIpc) is 3.21. The molecule has 1 saturated heterocycles. The number of aryl methyl sites for hydroxylation is 1. The first-order valence-electron chi connectivity index (χ1n) is 9.34. The summed E-state index contributed by atoms with van der Waals surface area (Å²) in [4.78, 5) is 27.0. The number of β-amino-alcohol motifs (C(OH)–C–C–N with tert-alkyl or cyclic N) is 1. The third-order valence-electron chi connectivity index (χ3n) is 5.15. The fraction of sp³-hybridized carbons (Fsp3) is 0.238. The van der Waals surface area contributed by atoms with Crippen molar-refractivity contribution in [1.29, 1.82) is 0 Å². The molecule has 0 bridgehead atoms. The number of hydrogen-bond acceptors (Lipinski definition) is 3. The van der Waals surface area contributed by atoms with Crippen LogP contribution in [0.4, 0.5) is 13.2 Å². The second-order valence-corrected chi connectivity index (χ2v) is 7.16. The summed E-state index contributed by atoms with van der Waals surface area (Å²) >= 11 is 0. The largest absolute Gasteiger partial charge is 0.389 e. The average molecular weight is 417 g/mol. The molecule has 3 aromatic rings. The predicted octanol–water partition coefficient (Wildman–Crippen LogP) is 2.16. The number of aromatic amines is 1. The lowest BCUT2D eigenvalue weighted by molar-refractivity contribution is -0.128. The summed E-state index contributed by atoms with van der Waals surface area (Å²) in [7, 11) is 0. The number of aliphatic hydroxyl groups excluding tert-OH is 1. The normalized spacial score (nSPS) is 18.6. The molecule has 2 aromatic carbocycles. The zero-order valence-electron chi connectivity index (χ0n) is 15.6. The molecule has 4 N–H and O–H groups in total. The van der Waals surface area contributed by atoms with Crippen molar-refractivity contribution in [3.8, 4) is 11.3 Å². The van der Waals surface area contributed by atoms with Gasteiger partial charge in [0.05, 0.1) is 0 Å². The minimum atomic E-state index is -1.02. The van der Waals surface area contributed by atoms with Crippen LogP contribution in [0.3, 0.4) is 0 Å². The van der Waals surface area contributed by atoms with Gasteiger partial charge < -0.3 is 20.7 Å². The van der Waals surface area contributed by atoms with Crippen LogP contribution in [0, 0.1) is 17.5 Å². The van der Waals surface area contributed by atoms with E-state index in [-0.39, 0.29) is 19.4 Å². The number of aliphatic hydroxyl groups is 1. The Hall–Kier alpha value is -3.33. The molecule has 2 atom stereocenters. The Labute approximate surface area is 169 Å². The van der Waals surface area contributed by atoms with Crippen LogP contribution in [-0.2, 0) is 16.0 Å². The molecule has 1 aliphatic rings. The molecule has 156 valence electrons. The number of nitrogens with one attached hydrogen (secondary N) is 3. The van der Waals surface area contributed by atoms with Gasteiger partial charge in [-0.2, -0.15) is 0 Å². The summed E-state index contributed by atoms with van der Waals surface area (Å²) < 4.78 is 40.9. The van der Waals surface area contributed by atoms with Gasteiger partial charge in [-0.05, 0) is 47.9 Å². The van der Waals surface area contributed by atoms with Crippen LogP contribution in [0.1, 0.15) is 12.0 Å². The van der Waals surface area contributed by atoms with Crippen molar-refractivity contribution < 1.29 is 27.9 Å². The van der Waals surface area contributed by atoms with Crippen LogP contribution in [0.2, 0.25) is 0 Å². The van der Waals surface area contributed by atoms with Crippen LogP contribution in [-0.4, -0.2) is 40.6 Å². The summed E-state index contributed by atoms with van der Waals surface area (Å²) in [6.45, 7) is 0.0613. The van der Waals surface area contributed by atoms with E-state index in [0.717, 1.165) is 12.1 Å². The maximum absolute atomic E-state index is 13.9. The number of fused-ring (bicyclic) bond motifs is 1. The molecular formula is C21H18F3N3O3. The van der Waals surface area contributed by atoms with E-state index in [0.29, 0.717) is 27.7 Å². The van der Waals surface area contributed by atoms with Crippen LogP contribution in [0.5, 0.6) is 0 Å². The van der Waals surface area contributed by atoms with Crippen molar-refractivity contribution in [2.75, 3.05) is 6.54 Å². The first-order valence-corrected chi connectivity index (χ1v) is 9.34. The van der Waals surface area contributed by atoms with Gasteiger partial charge in [0.2, 0.25) is 11.8 Å². The van der Waals surface area contributed by atoms with Crippen molar-refractivity contribution >= 4 is 22.7 Å². The Morgan fingerprint density at radius 1 is 1.13 bits per heavy atom. The smallest absolute Gasteiger partial charge is 0.245 e. The molecule has 6 nitrogen and oxygen atoms in total. The number of carbonyl (C=O) groups is 2. The van der Waals surface area contributed by atoms with Gasteiger partial charge in [-0.15, -0.1) is 0 Å². The number of rotatable bonds is 5. The van der Waals surface area contributed by atoms with Crippen molar-refractivity contribution in [2.24, 2.45) is 0 Å². The van der Waals surface area contributed by atoms with Crippen LogP contribution < -0.4 is 10.6 Å². The molecular weight excluding hydrogens is 399 g/mol. The van der Waals surface area contributed by atoms with E-state index < -0.39 is 41.4 Å². The minimum absolute atomic E-state index is 0.0589. The summed E-state index contributed by atoms with van der Waals surface area (Å²) in [6, 6.07) is 6.63. The highest BCUT2D eigenvalue weighted by Crippen LogP contribution is 2.32. The molecule has 30 heavy (non-hydrogen) atoms. The molecule has 0 radical (unpaired) electrons. The lowest BCUT2D eigenvalue weighted by atomic mass is 10.0. The molecule has 0 unspecified atom stereocenters. The Morgan fingerprint density at radius 2 is 1.83 bits per heavy atom. The van der Waals surface area contributed by atoms with Crippen LogP contribution in [0.25, 0.3) is 22.2 Å². The van der Waals surface area contributed by atoms with E-state index in [2.05, 4.69) is 15.6 Å². The molecule has 0 spiro atoms. The highest BCUT2D eigenvalue weighted by molar-refractivity contribution is 5.92. The fourth-order valence-electron chi connectivity index (χ4n) is 3.62. The van der Waals surface area contributed by atoms with Crippen molar-refractivity contribution in [3.05, 3.63) is 59.4 Å². The first kappa shape index (κ1) is 20.0. The van der Waals surface area contributed by atoms with E-state index >= 15 is 0 Å². The zero-order chi connectivity index (χ0) is 21.4. The molecule has 1 aromatic heterocycles. The molecule has 0 saturated carbocycles. The van der Waals surface area contributed by atoms with E-state index in [1.165, 1.54) is 24.3 Å². The highest BCUT2D eigenvalue weighted by Gasteiger charge is 2.34. The number of H-pyrrole nitrogens is 1. The van der Waals surface area contributed by atoms with Gasteiger partial charge in [0, 0.05) is 35.6 Å². The Kier molecular flexibility index (Phi) is 5.21. The van der Waals surface area contributed by atoms with Gasteiger partial charge in [0.1, 0.15) is 18.0 Å². The Balaban J connectivity index is 1.63. The molecule has 4 rings (SSSR count). The minimum Gasteiger partial charge on any atom is -0.389 e. The number of hydrogen-bond donors (Lipinski definition) is 4. The first-order chi connectivity index (χ1) is 14.3. The number of amides is 2. The van der Waals surface area contributed by atoms with Crippen molar-refractivity contribution in [2.45, 2.75) is 25.0 Å². The van der Waals surface area contributed by atoms with E-state index in [4.69, 9.17) is 0 Å². The predicted molar refractivity (Wildman–Crippen MR) is 103 cm³/mol. The number of carbonyl (C=O) groups excluding carboxylic acids is 2. The molecule has 9 heteroatoms. The Bertz CT molecular complexity index is 1130. The summed E-state index contributed by atoms with van der Waals surface area (Å²) in [5.41, 5.74) is 2.01. The van der Waals surface area contributed by atoms with Gasteiger partial charge in [0.25, 0.3) is 0 Å². The highest BCUT2D eigenvalue weighted by atomic mass is 19.2. The lowest BCUT2D eigenvalue weighted by Gasteiger charge is -2.13. The van der Waals surface area contributed by atoms with Crippen LogP contribution >= 0.6 is 0 Å². The fourth-order valence-corrected chi connectivity index (χ4v) is 3.62. The standard InChI is InChI=1S/C21H18F3N3O3/c22-11-3-1-10(2-4-11)19-12(13-7-14(23)15(24)8-16(13)26-19)5-6-18(29)27-20-17(28)9-25-21(20)30/h1-4,7-8,17,20,26,28H,5-6,9H2,(H,25,30)(H,27,29)/t17-,20+/m1/s1. The quantitative estimate of drug-likeness (QED) is 0.513. The third kappa shape index (κ3) is 3.76. The maximum atomic E-state index is 13.9. The van der Waals surface area contributed by atoms with Gasteiger partial charge in [-0.3, -0.25) is 9.59 Å². The Morgan fingerprint density at radius 3 is 2.50 bits per heavy atom. The molecule has 2 amide bonds. The number of benzene rings is 2. The van der Waals surface area contributed by atoms with E-state index in [1.807, 2.05) is 0 Å². The van der Waals surface area contributed by atoms with E-state index in [9.17, 15) is 27.9 Å². The summed E-state index contributed by atoms with van der Waals surface area (Å²) in [5, 5.41) is 15.1. The molecule has 1 fully saturated rings. The van der Waals surface area contributed by atoms with Gasteiger partial charge in [-0.25, -0.2) is 13.2 Å². The van der Waals surface area contributed by atoms with Crippen molar-refractivity contribution in [3.63, 3.8) is 0 Å². The lowest BCUT2D eigenvalue weighted by Crippen LogP contribution is -2.45. The van der Waals surface area contributed by atoms with Crippen LogP contribution in [0.15, 0.2) is 36.4 Å². The van der Waals surface area contributed by atoms with Gasteiger partial charge >= 0.3 is 0 Å². The SMILES string of the molecule is O=C(CCc1c(-c2ccc(F)cc2)[nH]c2cc(F)c(F)cc12)N[C@@H]1C(=O)NC[C@H]1O. The van der Waals surface area contributed by atoms with Crippen molar-refractivity contribution in [1.82, 2.24) is 15.6 Å². The maximum Gasteiger partial charge on any atom is 0.245 e. The molecule has 0 aliphatic carbocycles. The molecule has 2 heterocycles. The zero-order valence-corrected chi connectivity index (χ0v) is 15.6. The van der Waals surface area contributed by atoms with E-state index in [1.54, 1.807) is 0 Å². The van der Waals surface area contributed by atoms with Gasteiger partial charge in [-0.1, -0.05) is 0 Å². The monoisotopic (exact) mass is 417 g/mol. The second-order valence-electron chi connectivity index (χ2n) is 7.16.